The van der Waals surface area contributed by atoms with Gasteiger partial charge in [-0.3, -0.25) is 0 Å². The zero-order valence-electron chi connectivity index (χ0n) is 8.23. The smallest absolute Gasteiger partial charge is 0.134 e. The van der Waals surface area contributed by atoms with E-state index in [1.807, 2.05) is 12.1 Å². The summed E-state index contributed by atoms with van der Waals surface area (Å²) < 4.78 is 5.40. The second-order valence-corrected chi connectivity index (χ2v) is 3.38. The Hall–Kier alpha value is -1.58. The van der Waals surface area contributed by atoms with Crippen LogP contribution in [0.3, 0.4) is 0 Å². The van der Waals surface area contributed by atoms with Crippen LogP contribution in [0.5, 0.6) is 5.75 Å². The van der Waals surface area contributed by atoms with Gasteiger partial charge in [0, 0.05) is 5.56 Å². The average molecular weight is 204 g/mol. The van der Waals surface area contributed by atoms with Crippen molar-refractivity contribution in [1.29, 1.82) is 0 Å². The molecule has 0 amide bonds. The number of rotatable bonds is 2. The molecular formula is C12H12O3. The Morgan fingerprint density at radius 3 is 2.40 bits per heavy atom. The van der Waals surface area contributed by atoms with Gasteiger partial charge in [0.15, 0.2) is 0 Å². The number of benzene rings is 1. The van der Waals surface area contributed by atoms with Crippen molar-refractivity contribution in [3.8, 4) is 5.75 Å². The number of ether oxygens (including phenoxy) is 1. The first-order chi connectivity index (χ1) is 7.24. The Labute approximate surface area is 87.9 Å². The molecule has 0 radical (unpaired) electrons. The molecule has 0 aromatic heterocycles. The monoisotopic (exact) mass is 204 g/mol. The Morgan fingerprint density at radius 2 is 1.73 bits per heavy atom. The fourth-order valence-electron chi connectivity index (χ4n) is 1.56. The summed E-state index contributed by atoms with van der Waals surface area (Å²) in [5.74, 6) is 1.24. The first-order valence-electron chi connectivity index (χ1n) is 4.67. The maximum absolute atomic E-state index is 9.11. The topological polar surface area (TPSA) is 49.7 Å². The minimum atomic E-state index is -0.108. The average Bonchev–Trinajstić information content (AvgIpc) is 2.27. The normalized spacial score (nSPS) is 13.6. The molecule has 3 nitrogen and oxygen atoms in total. The maximum Gasteiger partial charge on any atom is 0.134 e. The van der Waals surface area contributed by atoms with Crippen LogP contribution in [0.2, 0.25) is 0 Å². The summed E-state index contributed by atoms with van der Waals surface area (Å²) in [6, 6.07) is 3.54. The molecule has 0 unspecified atom stereocenters. The summed E-state index contributed by atoms with van der Waals surface area (Å²) in [5.41, 5.74) is 2.29. The number of fused-ring (bicyclic) bond motifs is 1. The van der Waals surface area contributed by atoms with Gasteiger partial charge in [0.2, 0.25) is 0 Å². The third-order valence-corrected chi connectivity index (χ3v) is 2.36. The molecule has 1 aromatic carbocycles. The predicted molar refractivity (Wildman–Crippen MR) is 57.1 cm³/mol. The molecule has 0 spiro atoms. The molecule has 2 rings (SSSR count). The number of aliphatic hydroxyl groups is 2. The van der Waals surface area contributed by atoms with Gasteiger partial charge in [-0.1, -0.05) is 6.58 Å². The molecule has 0 fully saturated rings. The van der Waals surface area contributed by atoms with Gasteiger partial charge in [-0.25, -0.2) is 0 Å². The van der Waals surface area contributed by atoms with Crippen molar-refractivity contribution in [2.45, 2.75) is 13.2 Å². The molecule has 15 heavy (non-hydrogen) atoms. The Morgan fingerprint density at radius 1 is 1.07 bits per heavy atom. The third-order valence-electron chi connectivity index (χ3n) is 2.36. The number of allylic oxidation sites excluding steroid dienone is 1. The van der Waals surface area contributed by atoms with Gasteiger partial charge in [0.25, 0.3) is 0 Å². The number of aliphatic hydroxyl groups excluding tert-OH is 2. The summed E-state index contributed by atoms with van der Waals surface area (Å²) in [4.78, 5) is 0. The molecule has 78 valence electrons. The van der Waals surface area contributed by atoms with Crippen LogP contribution in [0.15, 0.2) is 30.5 Å². The summed E-state index contributed by atoms with van der Waals surface area (Å²) in [6.07, 6.45) is 3.64. The first-order valence-corrected chi connectivity index (χ1v) is 4.67. The Balaban J connectivity index is 2.52. The lowest BCUT2D eigenvalue weighted by molar-refractivity contribution is 0.259. The summed E-state index contributed by atoms with van der Waals surface area (Å²) in [7, 11) is 0. The summed E-state index contributed by atoms with van der Waals surface area (Å²) in [5, 5.41) is 18.2. The van der Waals surface area contributed by atoms with E-state index in [2.05, 4.69) is 6.58 Å². The van der Waals surface area contributed by atoms with Crippen LogP contribution >= 0.6 is 0 Å². The van der Waals surface area contributed by atoms with Crippen molar-refractivity contribution in [2.75, 3.05) is 0 Å². The van der Waals surface area contributed by atoms with E-state index >= 15 is 0 Å². The second-order valence-electron chi connectivity index (χ2n) is 3.38. The van der Waals surface area contributed by atoms with Gasteiger partial charge in [-0.05, 0) is 35.4 Å². The SMILES string of the molecule is C=C1C=Cc2cc(CO)c(CO)cc2O1. The zero-order valence-corrected chi connectivity index (χ0v) is 8.23. The van der Waals surface area contributed by atoms with Crippen molar-refractivity contribution in [2.24, 2.45) is 0 Å². The van der Waals surface area contributed by atoms with Gasteiger partial charge in [-0.15, -0.1) is 0 Å². The van der Waals surface area contributed by atoms with Crippen LogP contribution in [-0.2, 0) is 13.2 Å². The molecule has 3 heteroatoms. The first kappa shape index (κ1) is 9.96. The van der Waals surface area contributed by atoms with Crippen molar-refractivity contribution >= 4 is 6.08 Å². The van der Waals surface area contributed by atoms with Crippen LogP contribution < -0.4 is 4.74 Å². The largest absolute Gasteiger partial charge is 0.457 e. The zero-order chi connectivity index (χ0) is 10.8. The Kier molecular flexibility index (Phi) is 2.58. The van der Waals surface area contributed by atoms with Gasteiger partial charge in [-0.2, -0.15) is 0 Å². The lowest BCUT2D eigenvalue weighted by Crippen LogP contribution is -2.02. The molecule has 0 aliphatic carbocycles. The van der Waals surface area contributed by atoms with Crippen molar-refractivity contribution in [3.05, 3.63) is 47.2 Å². The van der Waals surface area contributed by atoms with Crippen LogP contribution in [0, 0.1) is 0 Å². The van der Waals surface area contributed by atoms with Crippen molar-refractivity contribution in [1.82, 2.24) is 0 Å². The number of hydrogen-bond acceptors (Lipinski definition) is 3. The van der Waals surface area contributed by atoms with Crippen molar-refractivity contribution < 1.29 is 14.9 Å². The van der Waals surface area contributed by atoms with Crippen LogP contribution in [-0.4, -0.2) is 10.2 Å². The van der Waals surface area contributed by atoms with E-state index in [1.165, 1.54) is 0 Å². The minimum Gasteiger partial charge on any atom is -0.457 e. The van der Waals surface area contributed by atoms with Crippen LogP contribution in [0.1, 0.15) is 16.7 Å². The van der Waals surface area contributed by atoms with Crippen molar-refractivity contribution in [3.63, 3.8) is 0 Å². The fraction of sp³-hybridized carbons (Fsp3) is 0.167. The van der Waals surface area contributed by atoms with E-state index in [0.29, 0.717) is 17.1 Å². The van der Waals surface area contributed by atoms with E-state index in [9.17, 15) is 0 Å². The lowest BCUT2D eigenvalue weighted by Gasteiger charge is -2.16. The molecule has 0 atom stereocenters. The summed E-state index contributed by atoms with van der Waals surface area (Å²) in [6.45, 7) is 3.50. The van der Waals surface area contributed by atoms with Gasteiger partial charge >= 0.3 is 0 Å². The molecule has 0 bridgehead atoms. The molecule has 1 aliphatic rings. The molecule has 1 heterocycles. The van der Waals surface area contributed by atoms with E-state index in [-0.39, 0.29) is 13.2 Å². The van der Waals surface area contributed by atoms with Gasteiger partial charge in [0.05, 0.1) is 13.2 Å². The highest BCUT2D eigenvalue weighted by molar-refractivity contribution is 5.64. The van der Waals surface area contributed by atoms with E-state index in [0.717, 1.165) is 11.1 Å². The maximum atomic E-state index is 9.11. The van der Waals surface area contributed by atoms with Gasteiger partial charge in [0.1, 0.15) is 11.5 Å². The van der Waals surface area contributed by atoms with E-state index < -0.39 is 0 Å². The molecule has 1 aromatic rings. The highest BCUT2D eigenvalue weighted by Gasteiger charge is 2.12. The Bertz CT molecular complexity index is 433. The minimum absolute atomic E-state index is 0.0854. The quantitative estimate of drug-likeness (QED) is 0.769. The number of hydrogen-bond donors (Lipinski definition) is 2. The fourth-order valence-corrected chi connectivity index (χ4v) is 1.56. The molecule has 0 saturated carbocycles. The molecule has 2 N–H and O–H groups in total. The third kappa shape index (κ3) is 1.79. The molecular weight excluding hydrogens is 192 g/mol. The van der Waals surface area contributed by atoms with Gasteiger partial charge < -0.3 is 14.9 Å². The van der Waals surface area contributed by atoms with Crippen LogP contribution in [0.4, 0.5) is 0 Å². The molecule has 0 saturated heterocycles. The standard InChI is InChI=1S/C12H12O3/c1-8-2-3-9-4-10(6-13)11(7-14)5-12(9)15-8/h2-5,13-14H,1,6-7H2. The second kappa shape index (κ2) is 3.88. The highest BCUT2D eigenvalue weighted by Crippen LogP contribution is 2.30. The highest BCUT2D eigenvalue weighted by atomic mass is 16.5. The van der Waals surface area contributed by atoms with E-state index in [1.54, 1.807) is 12.1 Å². The summed E-state index contributed by atoms with van der Waals surface area (Å²) >= 11 is 0. The van der Waals surface area contributed by atoms with E-state index in [4.69, 9.17) is 14.9 Å². The molecule has 1 aliphatic heterocycles. The predicted octanol–water partition coefficient (Wildman–Crippen LogP) is 1.59. The van der Waals surface area contributed by atoms with Crippen LogP contribution in [0.25, 0.3) is 6.08 Å². The lowest BCUT2D eigenvalue weighted by atomic mass is 10.0.